The average Bonchev–Trinajstić information content (AvgIpc) is 3.26. The van der Waals surface area contributed by atoms with Crippen molar-refractivity contribution in [3.63, 3.8) is 0 Å². The molecule has 0 bridgehead atoms. The Labute approximate surface area is 209 Å². The van der Waals surface area contributed by atoms with Crippen molar-refractivity contribution in [2.24, 2.45) is 15.4 Å². The lowest BCUT2D eigenvalue weighted by molar-refractivity contribution is -0.139. The summed E-state index contributed by atoms with van der Waals surface area (Å²) in [5, 5.41) is 5.78. The molecule has 8 nitrogen and oxygen atoms in total. The molecule has 2 aliphatic heterocycles. The predicted molar refractivity (Wildman–Crippen MR) is 139 cm³/mol. The van der Waals surface area contributed by atoms with Gasteiger partial charge < -0.3 is 15.5 Å². The summed E-state index contributed by atoms with van der Waals surface area (Å²) < 4.78 is 0. The van der Waals surface area contributed by atoms with Gasteiger partial charge in [0, 0.05) is 25.4 Å². The van der Waals surface area contributed by atoms with Crippen LogP contribution >= 0.6 is 0 Å². The standard InChI is InChI=1S/C27H41N5O3/c1-6-19-11-9-10-16-32(19)24(34)17-22(29-23(33)14-15-27(3,4)5)26(35)28-18(2)25-30-20-12-7-8-13-21(20)31-25/h7-8,12,18-19,22H,6,9-11,13-17H2,1-5H3,(H,28,35)(H,29,33)/t18-,19-,22-/m0/s1. The number of allylic oxidation sites excluding steroid dienone is 4. The van der Waals surface area contributed by atoms with Gasteiger partial charge in [0.05, 0.1) is 23.9 Å². The van der Waals surface area contributed by atoms with Crippen LogP contribution in [0, 0.1) is 5.41 Å². The van der Waals surface area contributed by atoms with Gasteiger partial charge in [0.15, 0.2) is 5.84 Å². The molecule has 0 radical (unpaired) electrons. The minimum Gasteiger partial charge on any atom is -0.345 e. The van der Waals surface area contributed by atoms with Crippen molar-refractivity contribution in [2.45, 2.75) is 104 Å². The number of rotatable bonds is 9. The lowest BCUT2D eigenvalue weighted by Gasteiger charge is -2.36. The van der Waals surface area contributed by atoms with Crippen LogP contribution in [0.3, 0.4) is 0 Å². The number of nitrogens with zero attached hydrogens (tertiary/aromatic N) is 3. The quantitative estimate of drug-likeness (QED) is 0.523. The Bertz CT molecular complexity index is 941. The van der Waals surface area contributed by atoms with Gasteiger partial charge in [-0.15, -0.1) is 0 Å². The molecule has 1 saturated heterocycles. The van der Waals surface area contributed by atoms with Crippen molar-refractivity contribution in [2.75, 3.05) is 6.54 Å². The second kappa shape index (κ2) is 11.8. The number of carbonyl (C=O) groups excluding carboxylic acids is 3. The average molecular weight is 484 g/mol. The molecule has 2 heterocycles. The number of hydrogen-bond acceptors (Lipinski definition) is 5. The molecule has 3 rings (SSSR count). The summed E-state index contributed by atoms with van der Waals surface area (Å²) in [5.74, 6) is -0.146. The molecule has 3 amide bonds. The molecule has 0 aromatic rings. The minimum atomic E-state index is -0.935. The third kappa shape index (κ3) is 7.61. The van der Waals surface area contributed by atoms with Gasteiger partial charge in [-0.25, -0.2) is 9.98 Å². The van der Waals surface area contributed by atoms with E-state index in [0.29, 0.717) is 25.2 Å². The van der Waals surface area contributed by atoms with Crippen molar-refractivity contribution >= 4 is 29.3 Å². The third-order valence-corrected chi connectivity index (χ3v) is 6.78. The number of piperidine rings is 1. The third-order valence-electron chi connectivity index (χ3n) is 6.78. The monoisotopic (exact) mass is 483 g/mol. The van der Waals surface area contributed by atoms with Crippen molar-refractivity contribution in [3.8, 4) is 0 Å². The first-order valence-corrected chi connectivity index (χ1v) is 13.0. The molecule has 8 heteroatoms. The molecule has 0 spiro atoms. The lowest BCUT2D eigenvalue weighted by atomic mass is 9.90. The van der Waals surface area contributed by atoms with Crippen molar-refractivity contribution < 1.29 is 14.4 Å². The highest BCUT2D eigenvalue weighted by molar-refractivity contribution is 6.15. The predicted octanol–water partition coefficient (Wildman–Crippen LogP) is 3.68. The highest BCUT2D eigenvalue weighted by atomic mass is 16.2. The Balaban J connectivity index is 1.68. The first-order chi connectivity index (χ1) is 16.6. The van der Waals surface area contributed by atoms with Crippen LogP contribution in [0.15, 0.2) is 33.9 Å². The fourth-order valence-corrected chi connectivity index (χ4v) is 4.61. The van der Waals surface area contributed by atoms with Crippen LogP contribution < -0.4 is 10.6 Å². The molecule has 0 aromatic heterocycles. The maximum Gasteiger partial charge on any atom is 0.243 e. The number of nitrogens with one attached hydrogen (secondary N) is 2. The number of amidine groups is 1. The van der Waals surface area contributed by atoms with Crippen LogP contribution in [0.5, 0.6) is 0 Å². The molecular formula is C27H41N5O3. The molecule has 3 aliphatic rings. The summed E-state index contributed by atoms with van der Waals surface area (Å²) in [6, 6.07) is -1.18. The summed E-state index contributed by atoms with van der Waals surface area (Å²) in [5.41, 5.74) is 1.71. The normalized spacial score (nSPS) is 21.3. The van der Waals surface area contributed by atoms with E-state index in [1.807, 2.05) is 30.1 Å². The summed E-state index contributed by atoms with van der Waals surface area (Å²) in [4.78, 5) is 50.3. The lowest BCUT2D eigenvalue weighted by Crippen LogP contribution is -2.53. The van der Waals surface area contributed by atoms with Crippen LogP contribution in [0.2, 0.25) is 0 Å². The fourth-order valence-electron chi connectivity index (χ4n) is 4.61. The second-order valence-electron chi connectivity index (χ2n) is 11.0. The van der Waals surface area contributed by atoms with Crippen LogP contribution in [0.25, 0.3) is 0 Å². The molecule has 1 aliphatic carbocycles. The van der Waals surface area contributed by atoms with E-state index in [1.54, 1.807) is 0 Å². The number of likely N-dealkylation sites (tertiary alicyclic amines) is 1. The molecule has 35 heavy (non-hydrogen) atoms. The van der Waals surface area contributed by atoms with Gasteiger partial charge in [-0.2, -0.15) is 0 Å². The first kappa shape index (κ1) is 26.8. The highest BCUT2D eigenvalue weighted by Crippen LogP contribution is 2.22. The number of fused-ring (bicyclic) bond motifs is 1. The van der Waals surface area contributed by atoms with Crippen molar-refractivity contribution in [1.29, 1.82) is 0 Å². The largest absolute Gasteiger partial charge is 0.345 e. The van der Waals surface area contributed by atoms with Crippen molar-refractivity contribution in [1.82, 2.24) is 15.5 Å². The van der Waals surface area contributed by atoms with Gasteiger partial charge >= 0.3 is 0 Å². The molecule has 0 unspecified atom stereocenters. The molecular weight excluding hydrogens is 442 g/mol. The van der Waals surface area contributed by atoms with Crippen LogP contribution in [0.4, 0.5) is 0 Å². The molecule has 3 atom stereocenters. The SMILES string of the molecule is CC[C@H]1CCCCN1C(=O)C[C@H](NC(=O)CCC(C)(C)C)C(=O)N[C@@H](C)C1=NC2=CC=CCC2=N1. The van der Waals surface area contributed by atoms with E-state index in [9.17, 15) is 14.4 Å². The number of amides is 3. The van der Waals surface area contributed by atoms with E-state index in [2.05, 4.69) is 48.3 Å². The summed E-state index contributed by atoms with van der Waals surface area (Å²) in [6.07, 6.45) is 11.5. The number of carbonyl (C=O) groups is 3. The highest BCUT2D eigenvalue weighted by Gasteiger charge is 2.32. The molecule has 1 fully saturated rings. The van der Waals surface area contributed by atoms with E-state index < -0.39 is 12.1 Å². The van der Waals surface area contributed by atoms with Gasteiger partial charge in [-0.3, -0.25) is 14.4 Å². The van der Waals surface area contributed by atoms with E-state index in [4.69, 9.17) is 0 Å². The van der Waals surface area contributed by atoms with Gasteiger partial charge in [0.1, 0.15) is 6.04 Å². The van der Waals surface area contributed by atoms with Crippen molar-refractivity contribution in [3.05, 3.63) is 23.9 Å². The maximum absolute atomic E-state index is 13.3. The zero-order valence-corrected chi connectivity index (χ0v) is 21.9. The minimum absolute atomic E-state index is 0.00167. The zero-order valence-electron chi connectivity index (χ0n) is 21.9. The first-order valence-electron chi connectivity index (χ1n) is 13.0. The topological polar surface area (TPSA) is 103 Å². The number of aliphatic imine (C=N–C) groups is 2. The molecule has 2 N–H and O–H groups in total. The van der Waals surface area contributed by atoms with Crippen LogP contribution in [-0.2, 0) is 14.4 Å². The van der Waals surface area contributed by atoms with E-state index in [-0.39, 0.29) is 35.6 Å². The Morgan fingerprint density at radius 3 is 2.63 bits per heavy atom. The van der Waals surface area contributed by atoms with Crippen LogP contribution in [0.1, 0.15) is 86.0 Å². The number of hydrogen-bond donors (Lipinski definition) is 2. The summed E-state index contributed by atoms with van der Waals surface area (Å²) in [6.45, 7) is 10.8. The Kier molecular flexibility index (Phi) is 9.03. The van der Waals surface area contributed by atoms with E-state index in [1.165, 1.54) is 0 Å². The zero-order chi connectivity index (χ0) is 25.6. The Morgan fingerprint density at radius 2 is 1.94 bits per heavy atom. The smallest absolute Gasteiger partial charge is 0.243 e. The summed E-state index contributed by atoms with van der Waals surface area (Å²) in [7, 11) is 0. The van der Waals surface area contributed by atoms with Gasteiger partial charge in [-0.05, 0) is 50.5 Å². The fraction of sp³-hybridized carbons (Fsp3) is 0.667. The van der Waals surface area contributed by atoms with Gasteiger partial charge in [0.25, 0.3) is 0 Å². The Hall–Kier alpha value is -2.77. The molecule has 192 valence electrons. The van der Waals surface area contributed by atoms with Gasteiger partial charge in [-0.1, -0.05) is 39.8 Å². The molecule has 0 saturated carbocycles. The Morgan fingerprint density at radius 1 is 1.17 bits per heavy atom. The van der Waals surface area contributed by atoms with Crippen LogP contribution in [-0.4, -0.2) is 58.8 Å². The molecule has 0 aromatic carbocycles. The van der Waals surface area contributed by atoms with E-state index in [0.717, 1.165) is 43.5 Å². The summed E-state index contributed by atoms with van der Waals surface area (Å²) >= 11 is 0. The second-order valence-corrected chi connectivity index (χ2v) is 11.0. The van der Waals surface area contributed by atoms with E-state index >= 15 is 0 Å². The van der Waals surface area contributed by atoms with Gasteiger partial charge in [0.2, 0.25) is 17.7 Å². The maximum atomic E-state index is 13.3.